The van der Waals surface area contributed by atoms with Gasteiger partial charge in [-0.2, -0.15) is 12.7 Å². The molecule has 1 aliphatic rings. The number of hydrogen-bond donors (Lipinski definition) is 2. The normalized spacial score (nSPS) is 16.6. The summed E-state index contributed by atoms with van der Waals surface area (Å²) in [5, 5.41) is 3.26. The molecule has 0 atom stereocenters. The Morgan fingerprint density at radius 1 is 1.30 bits per heavy atom. The fraction of sp³-hybridized carbons (Fsp3) is 1.00. The SMILES string of the molecule is COCCN(C)S(=O)(=O)NCCN1CCNCC1.Cl.Cl. The number of rotatable bonds is 8. The van der Waals surface area contributed by atoms with E-state index in [1.54, 1.807) is 14.2 Å². The van der Waals surface area contributed by atoms with E-state index < -0.39 is 10.2 Å². The number of ether oxygens (including phenoxy) is 1. The van der Waals surface area contributed by atoms with Crippen molar-refractivity contribution in [1.29, 1.82) is 0 Å². The molecule has 1 heterocycles. The quantitative estimate of drug-likeness (QED) is 0.595. The van der Waals surface area contributed by atoms with Gasteiger partial charge in [-0.25, -0.2) is 4.72 Å². The topological polar surface area (TPSA) is 73.9 Å². The first-order valence-corrected chi connectivity index (χ1v) is 7.63. The summed E-state index contributed by atoms with van der Waals surface area (Å²) in [6, 6.07) is 0. The molecule has 0 aromatic rings. The lowest BCUT2D eigenvalue weighted by molar-refractivity contribution is 0.184. The van der Waals surface area contributed by atoms with Crippen LogP contribution in [0.15, 0.2) is 0 Å². The lowest BCUT2D eigenvalue weighted by Crippen LogP contribution is -2.47. The second-order valence-corrected chi connectivity index (χ2v) is 6.17. The Morgan fingerprint density at radius 3 is 2.45 bits per heavy atom. The first-order chi connectivity index (χ1) is 8.56. The maximum absolute atomic E-state index is 11.8. The summed E-state index contributed by atoms with van der Waals surface area (Å²) in [6.45, 7) is 5.84. The fourth-order valence-electron chi connectivity index (χ4n) is 1.72. The van der Waals surface area contributed by atoms with Crippen LogP contribution >= 0.6 is 24.8 Å². The van der Waals surface area contributed by atoms with Gasteiger partial charge in [0, 0.05) is 60.0 Å². The van der Waals surface area contributed by atoms with E-state index in [9.17, 15) is 8.42 Å². The molecule has 0 unspecified atom stereocenters. The Morgan fingerprint density at radius 2 is 1.90 bits per heavy atom. The Bertz CT molecular complexity index is 326. The smallest absolute Gasteiger partial charge is 0.279 e. The van der Waals surface area contributed by atoms with E-state index in [1.807, 2.05) is 0 Å². The van der Waals surface area contributed by atoms with Crippen molar-refractivity contribution in [3.63, 3.8) is 0 Å². The Kier molecular flexibility index (Phi) is 13.5. The molecule has 0 aromatic carbocycles. The van der Waals surface area contributed by atoms with Crippen molar-refractivity contribution in [2.24, 2.45) is 0 Å². The van der Waals surface area contributed by atoms with Crippen LogP contribution in [0.2, 0.25) is 0 Å². The molecule has 10 heteroatoms. The highest BCUT2D eigenvalue weighted by atomic mass is 35.5. The first-order valence-electron chi connectivity index (χ1n) is 6.19. The molecular weight excluding hydrogens is 327 g/mol. The van der Waals surface area contributed by atoms with Gasteiger partial charge >= 0.3 is 0 Å². The Balaban J connectivity index is 0. The molecule has 0 aliphatic carbocycles. The number of methoxy groups -OCH3 is 1. The van der Waals surface area contributed by atoms with Gasteiger partial charge in [0.1, 0.15) is 0 Å². The average Bonchev–Trinajstić information content (AvgIpc) is 2.37. The molecule has 0 bridgehead atoms. The predicted octanol–water partition coefficient (Wildman–Crippen LogP) is -0.852. The number of piperazine rings is 1. The zero-order valence-electron chi connectivity index (χ0n) is 12.0. The number of nitrogens with zero attached hydrogens (tertiary/aromatic N) is 2. The molecule has 124 valence electrons. The van der Waals surface area contributed by atoms with Crippen LogP contribution in [0.4, 0.5) is 0 Å². The van der Waals surface area contributed by atoms with Gasteiger partial charge in [0.25, 0.3) is 10.2 Å². The zero-order chi connectivity index (χ0) is 13.4. The summed E-state index contributed by atoms with van der Waals surface area (Å²) in [5.74, 6) is 0. The van der Waals surface area contributed by atoms with Crippen molar-refractivity contribution in [2.75, 3.05) is 66.6 Å². The van der Waals surface area contributed by atoms with Crippen molar-refractivity contribution in [2.45, 2.75) is 0 Å². The average molecular weight is 353 g/mol. The number of likely N-dealkylation sites (N-methyl/N-ethyl adjacent to an activating group) is 1. The second-order valence-electron chi connectivity index (χ2n) is 4.31. The highest BCUT2D eigenvalue weighted by Gasteiger charge is 2.17. The number of hydrogen-bond acceptors (Lipinski definition) is 5. The molecular formula is C10H26Cl2N4O3S. The summed E-state index contributed by atoms with van der Waals surface area (Å²) < 4.78 is 32.3. The van der Waals surface area contributed by atoms with Gasteiger partial charge in [0.05, 0.1) is 6.61 Å². The Labute approximate surface area is 134 Å². The first kappa shape index (κ1) is 22.6. The molecule has 1 aliphatic heterocycles. The highest BCUT2D eigenvalue weighted by molar-refractivity contribution is 7.87. The largest absolute Gasteiger partial charge is 0.383 e. The van der Waals surface area contributed by atoms with Gasteiger partial charge < -0.3 is 10.1 Å². The molecule has 0 amide bonds. The van der Waals surface area contributed by atoms with Gasteiger partial charge in [-0.1, -0.05) is 0 Å². The predicted molar refractivity (Wildman–Crippen MR) is 85.2 cm³/mol. The van der Waals surface area contributed by atoms with E-state index in [1.165, 1.54) is 4.31 Å². The standard InChI is InChI=1S/C10H24N4O3S.2ClH/c1-13(9-10-17-2)18(15,16)12-5-8-14-6-3-11-4-7-14;;/h11-12H,3-10H2,1-2H3;2*1H. The molecule has 0 radical (unpaired) electrons. The van der Waals surface area contributed by atoms with Gasteiger partial charge in [-0.3, -0.25) is 4.90 Å². The number of nitrogens with one attached hydrogen (secondary N) is 2. The third-order valence-corrected chi connectivity index (χ3v) is 4.51. The van der Waals surface area contributed by atoms with Crippen LogP contribution in [-0.4, -0.2) is 84.2 Å². The zero-order valence-corrected chi connectivity index (χ0v) is 14.5. The molecule has 1 fully saturated rings. The van der Waals surface area contributed by atoms with E-state index >= 15 is 0 Å². The minimum Gasteiger partial charge on any atom is -0.383 e. The van der Waals surface area contributed by atoms with E-state index in [0.29, 0.717) is 19.7 Å². The van der Waals surface area contributed by atoms with E-state index in [0.717, 1.165) is 32.7 Å². The van der Waals surface area contributed by atoms with Crippen LogP contribution in [0, 0.1) is 0 Å². The van der Waals surface area contributed by atoms with Gasteiger partial charge in [-0.05, 0) is 0 Å². The minimum atomic E-state index is -3.37. The van der Waals surface area contributed by atoms with Crippen LogP contribution in [-0.2, 0) is 14.9 Å². The molecule has 0 spiro atoms. The monoisotopic (exact) mass is 352 g/mol. The van der Waals surface area contributed by atoms with E-state index in [-0.39, 0.29) is 24.8 Å². The van der Waals surface area contributed by atoms with E-state index in [2.05, 4.69) is 14.9 Å². The minimum absolute atomic E-state index is 0. The van der Waals surface area contributed by atoms with Crippen molar-refractivity contribution in [3.05, 3.63) is 0 Å². The van der Waals surface area contributed by atoms with Crippen LogP contribution in [0.1, 0.15) is 0 Å². The summed E-state index contributed by atoms with van der Waals surface area (Å²) in [4.78, 5) is 2.24. The van der Waals surface area contributed by atoms with Gasteiger partial charge in [0.2, 0.25) is 0 Å². The number of halogens is 2. The summed E-state index contributed by atoms with van der Waals surface area (Å²) in [5.41, 5.74) is 0. The molecule has 1 saturated heterocycles. The molecule has 7 nitrogen and oxygen atoms in total. The van der Waals surface area contributed by atoms with Gasteiger partial charge in [-0.15, -0.1) is 24.8 Å². The van der Waals surface area contributed by atoms with Crippen LogP contribution in [0.5, 0.6) is 0 Å². The molecule has 1 rings (SSSR count). The lowest BCUT2D eigenvalue weighted by Gasteiger charge is -2.27. The van der Waals surface area contributed by atoms with Crippen molar-refractivity contribution >= 4 is 35.0 Å². The van der Waals surface area contributed by atoms with Crippen molar-refractivity contribution in [3.8, 4) is 0 Å². The highest BCUT2D eigenvalue weighted by Crippen LogP contribution is 1.94. The fourth-order valence-corrected chi connectivity index (χ4v) is 2.60. The second kappa shape index (κ2) is 11.9. The third-order valence-electron chi connectivity index (χ3n) is 2.94. The summed E-state index contributed by atoms with van der Waals surface area (Å²) in [7, 11) is -0.271. The van der Waals surface area contributed by atoms with Crippen molar-refractivity contribution in [1.82, 2.24) is 19.2 Å². The maximum Gasteiger partial charge on any atom is 0.279 e. The summed E-state index contributed by atoms with van der Waals surface area (Å²) in [6.07, 6.45) is 0. The van der Waals surface area contributed by atoms with Crippen LogP contribution < -0.4 is 10.0 Å². The van der Waals surface area contributed by atoms with Crippen LogP contribution in [0.3, 0.4) is 0 Å². The summed E-state index contributed by atoms with van der Waals surface area (Å²) >= 11 is 0. The molecule has 20 heavy (non-hydrogen) atoms. The van der Waals surface area contributed by atoms with Gasteiger partial charge in [0.15, 0.2) is 0 Å². The van der Waals surface area contributed by atoms with Crippen LogP contribution in [0.25, 0.3) is 0 Å². The van der Waals surface area contributed by atoms with Crippen molar-refractivity contribution < 1.29 is 13.2 Å². The maximum atomic E-state index is 11.8. The van der Waals surface area contributed by atoms with E-state index in [4.69, 9.17) is 4.74 Å². The molecule has 0 aromatic heterocycles. The molecule has 0 saturated carbocycles. The Hall–Kier alpha value is 0.330. The lowest BCUT2D eigenvalue weighted by atomic mass is 10.3. The molecule has 2 N–H and O–H groups in total. The third kappa shape index (κ3) is 8.58.